The van der Waals surface area contributed by atoms with Crippen LogP contribution in [0.15, 0.2) is 72.8 Å². The summed E-state index contributed by atoms with van der Waals surface area (Å²) in [6.45, 7) is 6.65. The topological polar surface area (TPSA) is 44.8 Å². The summed E-state index contributed by atoms with van der Waals surface area (Å²) in [6, 6.07) is 24.8. The Balaban J connectivity index is 1.24. The molecule has 0 spiro atoms. The number of benzene rings is 3. The first-order valence-electron chi connectivity index (χ1n) is 13.2. The molecule has 2 atom stereocenters. The number of hydrogen-bond acceptors (Lipinski definition) is 4. The van der Waals surface area contributed by atoms with Gasteiger partial charge in [-0.3, -0.25) is 10.2 Å². The minimum Gasteiger partial charge on any atom is -0.410 e. The minimum absolute atomic E-state index is 0.00490. The highest BCUT2D eigenvalue weighted by Gasteiger charge is 2.53. The fourth-order valence-corrected chi connectivity index (χ4v) is 5.99. The zero-order chi connectivity index (χ0) is 25.1. The summed E-state index contributed by atoms with van der Waals surface area (Å²) in [6.07, 6.45) is 5.40. The normalized spacial score (nSPS) is 20.8. The summed E-state index contributed by atoms with van der Waals surface area (Å²) >= 11 is 0. The molecular weight excluding hydrogens is 446 g/mol. The number of hydrogen-bond donors (Lipinski definition) is 1. The maximum atomic E-state index is 12.6. The van der Waals surface area contributed by atoms with Gasteiger partial charge < -0.3 is 9.64 Å². The molecule has 2 aliphatic heterocycles. The van der Waals surface area contributed by atoms with E-state index in [1.807, 2.05) is 18.2 Å². The van der Waals surface area contributed by atoms with E-state index >= 15 is 0 Å². The lowest BCUT2D eigenvalue weighted by molar-refractivity contribution is 0.215. The number of amides is 1. The zero-order valence-corrected chi connectivity index (χ0v) is 21.7. The lowest BCUT2D eigenvalue weighted by Gasteiger charge is -2.34. The Bertz CT molecular complexity index is 1190. The Morgan fingerprint density at radius 3 is 2.53 bits per heavy atom. The van der Waals surface area contributed by atoms with Gasteiger partial charge in [0.05, 0.1) is 6.17 Å². The number of nitrogens with one attached hydrogen (secondary N) is 1. The highest BCUT2D eigenvalue weighted by Crippen LogP contribution is 2.52. The van der Waals surface area contributed by atoms with Gasteiger partial charge in [0.2, 0.25) is 0 Å². The van der Waals surface area contributed by atoms with E-state index in [0.717, 1.165) is 38.0 Å². The van der Waals surface area contributed by atoms with Crippen LogP contribution < -0.4 is 15.0 Å². The van der Waals surface area contributed by atoms with Crippen LogP contribution in [0.4, 0.5) is 16.2 Å². The van der Waals surface area contributed by atoms with Gasteiger partial charge in [0.15, 0.2) is 0 Å². The SMILES string of the molecule is CCCCc1ccc(NC(=O)Oc2ccc3c(c2)[C@]2(C)CCN(CCc4ccccc4)[C@@H]2N3C)cc1. The van der Waals surface area contributed by atoms with Crippen molar-refractivity contribution in [1.29, 1.82) is 0 Å². The first-order chi connectivity index (χ1) is 17.5. The van der Waals surface area contributed by atoms with Crippen LogP contribution in [0.25, 0.3) is 0 Å². The first kappa shape index (κ1) is 24.4. The molecule has 0 unspecified atom stereocenters. The van der Waals surface area contributed by atoms with Crippen molar-refractivity contribution in [2.45, 2.75) is 57.5 Å². The van der Waals surface area contributed by atoms with Crippen LogP contribution in [0.3, 0.4) is 0 Å². The summed E-state index contributed by atoms with van der Waals surface area (Å²) < 4.78 is 5.72. The van der Waals surface area contributed by atoms with Crippen LogP contribution in [0.1, 0.15) is 49.8 Å². The zero-order valence-electron chi connectivity index (χ0n) is 21.7. The average molecular weight is 484 g/mol. The van der Waals surface area contributed by atoms with Crippen molar-refractivity contribution >= 4 is 17.5 Å². The predicted octanol–water partition coefficient (Wildman–Crippen LogP) is 6.62. The molecule has 2 heterocycles. The molecule has 2 aliphatic rings. The Labute approximate surface area is 215 Å². The number of aryl methyl sites for hydroxylation is 1. The summed E-state index contributed by atoms with van der Waals surface area (Å²) in [5.41, 5.74) is 5.91. The van der Waals surface area contributed by atoms with Crippen molar-refractivity contribution in [3.8, 4) is 5.75 Å². The molecule has 5 heteroatoms. The molecule has 3 aromatic carbocycles. The van der Waals surface area contributed by atoms with Gasteiger partial charge in [-0.05, 0) is 72.7 Å². The standard InChI is InChI=1S/C31H37N3O2/c1-4-5-9-24-12-14-25(15-13-24)32-30(35)36-26-16-17-28-27(22-26)31(2)19-21-34(29(31)33(28)3)20-18-23-10-7-6-8-11-23/h6-8,10-17,22,29H,4-5,9,18-21H2,1-3H3,(H,32,35)/t29-,31-/m0/s1. The molecule has 5 rings (SSSR count). The van der Waals surface area contributed by atoms with Crippen molar-refractivity contribution in [2.75, 3.05) is 30.4 Å². The number of ether oxygens (including phenoxy) is 1. The molecule has 5 nitrogen and oxygen atoms in total. The first-order valence-corrected chi connectivity index (χ1v) is 13.2. The van der Waals surface area contributed by atoms with E-state index in [9.17, 15) is 4.79 Å². The van der Waals surface area contributed by atoms with Crippen LogP contribution in [0.2, 0.25) is 0 Å². The number of unbranched alkanes of at least 4 members (excludes halogenated alkanes) is 1. The molecular formula is C31H37N3O2. The number of anilines is 2. The van der Waals surface area contributed by atoms with E-state index in [1.165, 1.54) is 35.2 Å². The third-order valence-corrected chi connectivity index (χ3v) is 7.92. The van der Waals surface area contributed by atoms with Gasteiger partial charge in [0.25, 0.3) is 0 Å². The maximum absolute atomic E-state index is 12.6. The van der Waals surface area contributed by atoms with Crippen molar-refractivity contribution in [3.63, 3.8) is 0 Å². The highest BCUT2D eigenvalue weighted by molar-refractivity contribution is 5.86. The predicted molar refractivity (Wildman–Crippen MR) is 147 cm³/mol. The Hall–Kier alpha value is -3.31. The van der Waals surface area contributed by atoms with Crippen LogP contribution >= 0.6 is 0 Å². The van der Waals surface area contributed by atoms with Crippen LogP contribution in [-0.4, -0.2) is 37.3 Å². The molecule has 1 saturated heterocycles. The number of carbonyl (C=O) groups excluding carboxylic acids is 1. The monoisotopic (exact) mass is 483 g/mol. The van der Waals surface area contributed by atoms with E-state index in [1.54, 1.807) is 0 Å². The number of carbonyl (C=O) groups is 1. The van der Waals surface area contributed by atoms with E-state index in [4.69, 9.17) is 4.74 Å². The Morgan fingerprint density at radius 1 is 1.03 bits per heavy atom. The van der Waals surface area contributed by atoms with Gasteiger partial charge in [-0.25, -0.2) is 4.79 Å². The smallest absolute Gasteiger partial charge is 0.410 e. The Kier molecular flexibility index (Phi) is 7.01. The average Bonchev–Trinajstić information content (AvgIpc) is 3.34. The molecule has 188 valence electrons. The van der Waals surface area contributed by atoms with Crippen LogP contribution in [0.5, 0.6) is 5.75 Å². The molecule has 3 aromatic rings. The second kappa shape index (κ2) is 10.4. The van der Waals surface area contributed by atoms with Gasteiger partial charge in [-0.15, -0.1) is 0 Å². The second-order valence-corrected chi connectivity index (χ2v) is 10.4. The number of rotatable bonds is 8. The van der Waals surface area contributed by atoms with E-state index in [0.29, 0.717) is 11.9 Å². The largest absolute Gasteiger partial charge is 0.417 e. The minimum atomic E-state index is -0.458. The van der Waals surface area contributed by atoms with Crippen molar-refractivity contribution in [1.82, 2.24) is 4.90 Å². The molecule has 0 bridgehead atoms. The third kappa shape index (κ3) is 4.85. The second-order valence-electron chi connectivity index (χ2n) is 10.4. The molecule has 0 saturated carbocycles. The molecule has 36 heavy (non-hydrogen) atoms. The molecule has 1 amide bonds. The van der Waals surface area contributed by atoms with Gasteiger partial charge in [-0.1, -0.05) is 62.7 Å². The fourth-order valence-electron chi connectivity index (χ4n) is 5.99. The molecule has 1 fully saturated rings. The fraction of sp³-hybridized carbons (Fsp3) is 0.387. The van der Waals surface area contributed by atoms with E-state index in [2.05, 4.69) is 90.6 Å². The van der Waals surface area contributed by atoms with Crippen LogP contribution in [0, 0.1) is 0 Å². The van der Waals surface area contributed by atoms with Crippen molar-refractivity contribution < 1.29 is 9.53 Å². The summed E-state index contributed by atoms with van der Waals surface area (Å²) in [7, 11) is 2.19. The molecule has 0 aliphatic carbocycles. The quantitative estimate of drug-likeness (QED) is 0.391. The van der Waals surface area contributed by atoms with E-state index in [-0.39, 0.29) is 5.41 Å². The summed E-state index contributed by atoms with van der Waals surface area (Å²) in [4.78, 5) is 17.6. The van der Waals surface area contributed by atoms with Gasteiger partial charge in [-0.2, -0.15) is 0 Å². The number of likely N-dealkylation sites (N-methyl/N-ethyl adjacent to an activating group) is 1. The Morgan fingerprint density at radius 2 is 1.78 bits per heavy atom. The van der Waals surface area contributed by atoms with Gasteiger partial charge in [0, 0.05) is 36.9 Å². The number of fused-ring (bicyclic) bond motifs is 3. The van der Waals surface area contributed by atoms with Crippen molar-refractivity contribution in [2.24, 2.45) is 0 Å². The number of likely N-dealkylation sites (tertiary alicyclic amines) is 1. The van der Waals surface area contributed by atoms with Crippen molar-refractivity contribution in [3.05, 3.63) is 89.5 Å². The van der Waals surface area contributed by atoms with Crippen LogP contribution in [-0.2, 0) is 18.3 Å². The third-order valence-electron chi connectivity index (χ3n) is 7.92. The maximum Gasteiger partial charge on any atom is 0.417 e. The molecule has 0 aromatic heterocycles. The van der Waals surface area contributed by atoms with Gasteiger partial charge in [0.1, 0.15) is 5.75 Å². The lowest BCUT2D eigenvalue weighted by atomic mass is 9.81. The lowest BCUT2D eigenvalue weighted by Crippen LogP contribution is -2.47. The van der Waals surface area contributed by atoms with Gasteiger partial charge >= 0.3 is 6.09 Å². The summed E-state index contributed by atoms with van der Waals surface area (Å²) in [5, 5.41) is 2.87. The molecule has 1 N–H and O–H groups in total. The molecule has 0 radical (unpaired) electrons. The van der Waals surface area contributed by atoms with E-state index < -0.39 is 6.09 Å². The highest BCUT2D eigenvalue weighted by atomic mass is 16.6. The number of nitrogens with zero attached hydrogens (tertiary/aromatic N) is 2. The summed E-state index contributed by atoms with van der Waals surface area (Å²) in [5.74, 6) is 0.587.